The summed E-state index contributed by atoms with van der Waals surface area (Å²) in [5.41, 5.74) is 1.23. The Labute approximate surface area is 104 Å². The van der Waals surface area contributed by atoms with Crippen molar-refractivity contribution in [1.29, 1.82) is 0 Å². The van der Waals surface area contributed by atoms with Crippen molar-refractivity contribution in [2.75, 3.05) is 0 Å². The Morgan fingerprint density at radius 2 is 2.19 bits per heavy atom. The fourth-order valence-electron chi connectivity index (χ4n) is 1.75. The molecule has 2 atom stereocenters. The lowest BCUT2D eigenvalue weighted by Gasteiger charge is -2.20. The number of allylic oxidation sites excluding steroid dienone is 1. The highest BCUT2D eigenvalue weighted by atomic mass is 35.5. The summed E-state index contributed by atoms with van der Waals surface area (Å²) in [4.78, 5) is 0. The van der Waals surface area contributed by atoms with Gasteiger partial charge in [0.1, 0.15) is 0 Å². The predicted octanol–water partition coefficient (Wildman–Crippen LogP) is 4.35. The van der Waals surface area contributed by atoms with Crippen LogP contribution in [0.25, 0.3) is 0 Å². The highest BCUT2D eigenvalue weighted by Crippen LogP contribution is 2.18. The minimum Gasteiger partial charge on any atom is -0.308 e. The number of hydrogen-bond donors (Lipinski definition) is 1. The Kier molecular flexibility index (Phi) is 5.58. The van der Waals surface area contributed by atoms with E-state index in [0.717, 1.165) is 17.9 Å². The maximum atomic E-state index is 5.97. The average molecular weight is 238 g/mol. The van der Waals surface area contributed by atoms with Crippen molar-refractivity contribution in [3.8, 4) is 0 Å². The Morgan fingerprint density at radius 1 is 1.44 bits per heavy atom. The van der Waals surface area contributed by atoms with E-state index in [0.29, 0.717) is 12.1 Å². The number of nitrogens with one attached hydrogen (secondary N) is 1. The van der Waals surface area contributed by atoms with E-state index in [2.05, 4.69) is 31.8 Å². The van der Waals surface area contributed by atoms with Crippen molar-refractivity contribution in [2.24, 2.45) is 0 Å². The molecule has 0 aliphatic carbocycles. The van der Waals surface area contributed by atoms with Crippen molar-refractivity contribution in [2.45, 2.75) is 38.8 Å². The van der Waals surface area contributed by atoms with Crippen molar-refractivity contribution in [3.05, 3.63) is 47.5 Å². The fourth-order valence-corrected chi connectivity index (χ4v) is 1.95. The first-order chi connectivity index (χ1) is 7.63. The Bertz CT molecular complexity index is 335. The summed E-state index contributed by atoms with van der Waals surface area (Å²) in [5, 5.41) is 4.35. The highest BCUT2D eigenvalue weighted by Gasteiger charge is 2.08. The molecule has 0 fully saturated rings. The molecule has 0 spiro atoms. The number of benzene rings is 1. The van der Waals surface area contributed by atoms with Crippen LogP contribution in [0, 0.1) is 0 Å². The molecular formula is C14H20ClN. The molecule has 1 aromatic rings. The molecule has 0 aromatic heterocycles. The van der Waals surface area contributed by atoms with Gasteiger partial charge in [0.2, 0.25) is 0 Å². The normalized spacial score (nSPS) is 14.4. The summed E-state index contributed by atoms with van der Waals surface area (Å²) in [6.45, 7) is 8.10. The zero-order valence-corrected chi connectivity index (χ0v) is 10.8. The van der Waals surface area contributed by atoms with E-state index in [1.807, 2.05) is 24.3 Å². The van der Waals surface area contributed by atoms with Gasteiger partial charge in [-0.3, -0.25) is 0 Å². The Morgan fingerprint density at radius 3 is 2.81 bits per heavy atom. The number of halogens is 1. The van der Waals surface area contributed by atoms with Crippen molar-refractivity contribution in [3.63, 3.8) is 0 Å². The van der Waals surface area contributed by atoms with E-state index >= 15 is 0 Å². The zero-order chi connectivity index (χ0) is 12.0. The number of hydrogen-bond acceptors (Lipinski definition) is 1. The van der Waals surface area contributed by atoms with Crippen LogP contribution in [0.4, 0.5) is 0 Å². The lowest BCUT2D eigenvalue weighted by molar-refractivity contribution is 0.459. The molecule has 1 unspecified atom stereocenters. The fraction of sp³-hybridized carbons (Fsp3) is 0.429. The SMILES string of the molecule is C=CCCC(C)N[C@@H](C)c1cccc(Cl)c1. The standard InChI is InChI=1S/C14H20ClN/c1-4-5-7-11(2)16-12(3)13-8-6-9-14(15)10-13/h4,6,8-12,16H,1,5,7H2,2-3H3/t11?,12-/m0/s1. The lowest BCUT2D eigenvalue weighted by Crippen LogP contribution is -2.28. The van der Waals surface area contributed by atoms with Crippen LogP contribution < -0.4 is 5.32 Å². The van der Waals surface area contributed by atoms with E-state index in [1.54, 1.807) is 0 Å². The van der Waals surface area contributed by atoms with Crippen LogP contribution in [0.1, 0.15) is 38.3 Å². The molecule has 1 N–H and O–H groups in total. The van der Waals surface area contributed by atoms with Crippen molar-refractivity contribution in [1.82, 2.24) is 5.32 Å². The third kappa shape index (κ3) is 4.38. The second-order valence-electron chi connectivity index (χ2n) is 4.21. The molecule has 0 saturated carbocycles. The molecule has 0 amide bonds. The Hall–Kier alpha value is -0.790. The molecule has 0 radical (unpaired) electrons. The van der Waals surface area contributed by atoms with Gasteiger partial charge >= 0.3 is 0 Å². The monoisotopic (exact) mass is 237 g/mol. The third-order valence-corrected chi connectivity index (χ3v) is 2.92. The lowest BCUT2D eigenvalue weighted by atomic mass is 10.1. The van der Waals surface area contributed by atoms with E-state index in [9.17, 15) is 0 Å². The summed E-state index contributed by atoms with van der Waals surface area (Å²) < 4.78 is 0. The quantitative estimate of drug-likeness (QED) is 0.726. The predicted molar refractivity (Wildman–Crippen MR) is 71.9 cm³/mol. The van der Waals surface area contributed by atoms with E-state index in [4.69, 9.17) is 11.6 Å². The van der Waals surface area contributed by atoms with Gasteiger partial charge in [-0.05, 0) is 44.4 Å². The van der Waals surface area contributed by atoms with Crippen molar-refractivity contribution >= 4 is 11.6 Å². The second kappa shape index (κ2) is 6.72. The average Bonchev–Trinajstić information content (AvgIpc) is 2.26. The van der Waals surface area contributed by atoms with Crippen LogP contribution in [0.5, 0.6) is 0 Å². The van der Waals surface area contributed by atoms with Gasteiger partial charge in [0.15, 0.2) is 0 Å². The third-order valence-electron chi connectivity index (χ3n) is 2.69. The molecule has 1 aromatic carbocycles. The van der Waals surface area contributed by atoms with Gasteiger partial charge in [-0.25, -0.2) is 0 Å². The molecule has 88 valence electrons. The van der Waals surface area contributed by atoms with Crippen LogP contribution in [0.3, 0.4) is 0 Å². The Balaban J connectivity index is 2.51. The molecule has 16 heavy (non-hydrogen) atoms. The topological polar surface area (TPSA) is 12.0 Å². The molecule has 0 aliphatic heterocycles. The van der Waals surface area contributed by atoms with Crippen LogP contribution in [0.2, 0.25) is 5.02 Å². The molecule has 2 heteroatoms. The van der Waals surface area contributed by atoms with Gasteiger partial charge in [0.05, 0.1) is 0 Å². The summed E-state index contributed by atoms with van der Waals surface area (Å²) >= 11 is 5.97. The first-order valence-corrected chi connectivity index (χ1v) is 6.13. The minimum absolute atomic E-state index is 0.332. The van der Waals surface area contributed by atoms with Gasteiger partial charge in [0, 0.05) is 17.1 Å². The van der Waals surface area contributed by atoms with Crippen LogP contribution in [-0.2, 0) is 0 Å². The number of rotatable bonds is 6. The van der Waals surface area contributed by atoms with Crippen LogP contribution in [-0.4, -0.2) is 6.04 Å². The molecule has 0 saturated heterocycles. The smallest absolute Gasteiger partial charge is 0.0409 e. The van der Waals surface area contributed by atoms with E-state index < -0.39 is 0 Å². The largest absolute Gasteiger partial charge is 0.308 e. The van der Waals surface area contributed by atoms with Crippen LogP contribution >= 0.6 is 11.6 Å². The van der Waals surface area contributed by atoms with E-state index in [1.165, 1.54) is 5.56 Å². The molecule has 1 nitrogen and oxygen atoms in total. The van der Waals surface area contributed by atoms with Gasteiger partial charge in [-0.15, -0.1) is 6.58 Å². The molecule has 0 bridgehead atoms. The zero-order valence-electron chi connectivity index (χ0n) is 10.0. The summed E-state index contributed by atoms with van der Waals surface area (Å²) in [6, 6.07) is 8.83. The maximum absolute atomic E-state index is 5.97. The van der Waals surface area contributed by atoms with E-state index in [-0.39, 0.29) is 0 Å². The highest BCUT2D eigenvalue weighted by molar-refractivity contribution is 6.30. The van der Waals surface area contributed by atoms with Crippen molar-refractivity contribution < 1.29 is 0 Å². The summed E-state index contributed by atoms with van der Waals surface area (Å²) in [6.07, 6.45) is 4.13. The minimum atomic E-state index is 0.332. The molecule has 1 rings (SSSR count). The first-order valence-electron chi connectivity index (χ1n) is 5.76. The summed E-state index contributed by atoms with van der Waals surface area (Å²) in [5.74, 6) is 0. The summed E-state index contributed by atoms with van der Waals surface area (Å²) in [7, 11) is 0. The van der Waals surface area contributed by atoms with Gasteiger partial charge in [0.25, 0.3) is 0 Å². The van der Waals surface area contributed by atoms with Gasteiger partial charge in [-0.2, -0.15) is 0 Å². The van der Waals surface area contributed by atoms with Gasteiger partial charge < -0.3 is 5.32 Å². The molecular weight excluding hydrogens is 218 g/mol. The maximum Gasteiger partial charge on any atom is 0.0409 e. The molecule has 0 heterocycles. The van der Waals surface area contributed by atoms with Gasteiger partial charge in [-0.1, -0.05) is 29.8 Å². The molecule has 0 aliphatic rings. The first kappa shape index (κ1) is 13.3. The second-order valence-corrected chi connectivity index (χ2v) is 4.65. The van der Waals surface area contributed by atoms with Crippen LogP contribution in [0.15, 0.2) is 36.9 Å².